The van der Waals surface area contributed by atoms with Gasteiger partial charge in [0.25, 0.3) is 0 Å². The molecule has 0 atom stereocenters. The van der Waals surface area contributed by atoms with Crippen molar-refractivity contribution < 1.29 is 9.53 Å². The maximum atomic E-state index is 11.5. The number of carbonyl (C=O) groups excluding carboxylic acids is 1. The summed E-state index contributed by atoms with van der Waals surface area (Å²) in [5, 5.41) is 2.63. The molecule has 0 aliphatic rings. The van der Waals surface area contributed by atoms with Gasteiger partial charge in [0, 0.05) is 24.0 Å². The van der Waals surface area contributed by atoms with Crippen molar-refractivity contribution in [1.29, 1.82) is 0 Å². The Morgan fingerprint density at radius 3 is 2.55 bits per heavy atom. The molecule has 6 nitrogen and oxygen atoms in total. The lowest BCUT2D eigenvalue weighted by Crippen LogP contribution is -2.13. The minimum Gasteiger partial charge on any atom is -0.465 e. The Labute approximate surface area is 131 Å². The van der Waals surface area contributed by atoms with Crippen molar-refractivity contribution in [3.05, 3.63) is 59.9 Å². The second-order valence-corrected chi connectivity index (χ2v) is 5.11. The first-order valence-electron chi connectivity index (χ1n) is 6.44. The second kappa shape index (κ2) is 6.31. The van der Waals surface area contributed by atoms with Gasteiger partial charge < -0.3 is 4.74 Å². The molecule has 0 aromatic carbocycles. The number of ether oxygens (including phenoxy) is 1. The van der Waals surface area contributed by atoms with Crippen LogP contribution in [-0.4, -0.2) is 28.0 Å². The molecule has 3 aromatic rings. The molecular weight excluding hydrogens is 300 g/mol. The summed E-state index contributed by atoms with van der Waals surface area (Å²) in [7, 11) is 1.34. The van der Waals surface area contributed by atoms with Crippen LogP contribution in [0.15, 0.2) is 54.3 Å². The van der Waals surface area contributed by atoms with Crippen LogP contribution in [0.25, 0.3) is 0 Å². The van der Waals surface area contributed by atoms with Gasteiger partial charge in [-0.2, -0.15) is 0 Å². The predicted molar refractivity (Wildman–Crippen MR) is 83.7 cm³/mol. The number of esters is 1. The molecule has 0 saturated carbocycles. The number of pyridine rings is 2. The van der Waals surface area contributed by atoms with Gasteiger partial charge in [-0.3, -0.25) is 4.90 Å². The molecule has 0 amide bonds. The third-order valence-electron chi connectivity index (χ3n) is 2.89. The van der Waals surface area contributed by atoms with Crippen molar-refractivity contribution in [2.45, 2.75) is 0 Å². The Morgan fingerprint density at radius 2 is 1.95 bits per heavy atom. The maximum Gasteiger partial charge on any atom is 0.339 e. The van der Waals surface area contributed by atoms with Crippen LogP contribution in [0.3, 0.4) is 0 Å². The van der Waals surface area contributed by atoms with Crippen molar-refractivity contribution in [2.75, 3.05) is 12.0 Å². The summed E-state index contributed by atoms with van der Waals surface area (Å²) in [4.78, 5) is 26.3. The highest BCUT2D eigenvalue weighted by Crippen LogP contribution is 2.32. The summed E-state index contributed by atoms with van der Waals surface area (Å²) in [5.41, 5.74) is 0.395. The summed E-state index contributed by atoms with van der Waals surface area (Å²) < 4.78 is 4.68. The molecule has 7 heteroatoms. The number of anilines is 3. The summed E-state index contributed by atoms with van der Waals surface area (Å²) in [6.45, 7) is 0. The van der Waals surface area contributed by atoms with E-state index in [-0.39, 0.29) is 0 Å². The van der Waals surface area contributed by atoms with Gasteiger partial charge in [0.15, 0.2) is 5.13 Å². The zero-order valence-electron chi connectivity index (χ0n) is 11.7. The molecule has 110 valence electrons. The molecule has 0 N–H and O–H groups in total. The zero-order chi connectivity index (χ0) is 15.4. The Balaban J connectivity index is 2.02. The van der Waals surface area contributed by atoms with Gasteiger partial charge >= 0.3 is 5.97 Å². The molecule has 0 saturated heterocycles. The van der Waals surface area contributed by atoms with Crippen LogP contribution in [0.2, 0.25) is 0 Å². The van der Waals surface area contributed by atoms with Crippen molar-refractivity contribution in [3.8, 4) is 0 Å². The standard InChI is InChI=1S/C15H12N4O2S/c1-21-14(20)11-5-6-13(18-10-11)19(15-17-8-9-22-15)12-4-2-3-7-16-12/h2-10H,1H3. The van der Waals surface area contributed by atoms with Gasteiger partial charge in [0.2, 0.25) is 0 Å². The number of nitrogens with zero attached hydrogens (tertiary/aromatic N) is 4. The number of aromatic nitrogens is 3. The van der Waals surface area contributed by atoms with Crippen LogP contribution >= 0.6 is 11.3 Å². The lowest BCUT2D eigenvalue weighted by Gasteiger charge is -2.19. The molecular formula is C15H12N4O2S. The van der Waals surface area contributed by atoms with E-state index in [9.17, 15) is 4.79 Å². The molecule has 0 aliphatic heterocycles. The number of hydrogen-bond acceptors (Lipinski definition) is 7. The third-order valence-corrected chi connectivity index (χ3v) is 3.64. The van der Waals surface area contributed by atoms with E-state index >= 15 is 0 Å². The third kappa shape index (κ3) is 2.79. The van der Waals surface area contributed by atoms with Crippen molar-refractivity contribution in [3.63, 3.8) is 0 Å². The number of thiazole rings is 1. The summed E-state index contributed by atoms with van der Waals surface area (Å²) in [6.07, 6.45) is 4.90. The van der Waals surface area contributed by atoms with Crippen LogP contribution in [0, 0.1) is 0 Å². The quantitative estimate of drug-likeness (QED) is 0.689. The Morgan fingerprint density at radius 1 is 1.09 bits per heavy atom. The Kier molecular flexibility index (Phi) is 4.06. The summed E-state index contributed by atoms with van der Waals surface area (Å²) >= 11 is 1.48. The lowest BCUT2D eigenvalue weighted by atomic mass is 10.3. The molecule has 0 fully saturated rings. The minimum atomic E-state index is -0.419. The van der Waals surface area contributed by atoms with E-state index in [1.165, 1.54) is 24.6 Å². The SMILES string of the molecule is COC(=O)c1ccc(N(c2ccccn2)c2nccs2)nc1. The molecule has 3 aromatic heterocycles. The van der Waals surface area contributed by atoms with Gasteiger partial charge in [-0.25, -0.2) is 19.7 Å². The average Bonchev–Trinajstić information content (AvgIpc) is 3.10. The topological polar surface area (TPSA) is 68.2 Å². The van der Waals surface area contributed by atoms with E-state index in [4.69, 9.17) is 0 Å². The fraction of sp³-hybridized carbons (Fsp3) is 0.0667. The number of carbonyl (C=O) groups is 1. The minimum absolute atomic E-state index is 0.395. The highest BCUT2D eigenvalue weighted by molar-refractivity contribution is 7.13. The van der Waals surface area contributed by atoms with Crippen molar-refractivity contribution >= 4 is 34.1 Å². The average molecular weight is 312 g/mol. The first kappa shape index (κ1) is 14.2. The van der Waals surface area contributed by atoms with Crippen LogP contribution in [0.1, 0.15) is 10.4 Å². The van der Waals surface area contributed by atoms with Gasteiger partial charge in [0.05, 0.1) is 12.7 Å². The van der Waals surface area contributed by atoms with Crippen molar-refractivity contribution in [2.24, 2.45) is 0 Å². The van der Waals surface area contributed by atoms with E-state index in [2.05, 4.69) is 19.7 Å². The number of hydrogen-bond donors (Lipinski definition) is 0. The maximum absolute atomic E-state index is 11.5. The smallest absolute Gasteiger partial charge is 0.339 e. The fourth-order valence-electron chi connectivity index (χ4n) is 1.88. The Bertz CT molecular complexity index is 745. The van der Waals surface area contributed by atoms with Crippen molar-refractivity contribution in [1.82, 2.24) is 15.0 Å². The monoisotopic (exact) mass is 312 g/mol. The molecule has 0 spiro atoms. The van der Waals surface area contributed by atoms with Crippen LogP contribution in [0.5, 0.6) is 0 Å². The molecule has 0 bridgehead atoms. The van der Waals surface area contributed by atoms with Gasteiger partial charge in [-0.1, -0.05) is 6.07 Å². The van der Waals surface area contributed by atoms with E-state index in [0.29, 0.717) is 17.2 Å². The molecule has 22 heavy (non-hydrogen) atoms. The number of rotatable bonds is 4. The van der Waals surface area contributed by atoms with Gasteiger partial charge in [-0.05, 0) is 24.3 Å². The van der Waals surface area contributed by atoms with E-state index in [0.717, 1.165) is 5.13 Å². The molecule has 0 radical (unpaired) electrons. The molecule has 3 rings (SSSR count). The lowest BCUT2D eigenvalue weighted by molar-refractivity contribution is 0.0600. The van der Waals surface area contributed by atoms with E-state index < -0.39 is 5.97 Å². The largest absolute Gasteiger partial charge is 0.465 e. The molecule has 3 heterocycles. The van der Waals surface area contributed by atoms with E-state index in [1.54, 1.807) is 24.5 Å². The first-order valence-corrected chi connectivity index (χ1v) is 7.32. The predicted octanol–water partition coefficient (Wildman–Crippen LogP) is 3.19. The Hall–Kier alpha value is -2.80. The first-order chi connectivity index (χ1) is 10.8. The summed E-state index contributed by atoms with van der Waals surface area (Å²) in [6, 6.07) is 9.01. The van der Waals surface area contributed by atoms with Gasteiger partial charge in [-0.15, -0.1) is 11.3 Å². The van der Waals surface area contributed by atoms with Crippen LogP contribution in [0.4, 0.5) is 16.8 Å². The number of methoxy groups -OCH3 is 1. The second-order valence-electron chi connectivity index (χ2n) is 4.23. The summed E-state index contributed by atoms with van der Waals surface area (Å²) in [5.74, 6) is 0.912. The van der Waals surface area contributed by atoms with Gasteiger partial charge in [0.1, 0.15) is 11.6 Å². The fourth-order valence-corrected chi connectivity index (χ4v) is 2.54. The highest BCUT2D eigenvalue weighted by Gasteiger charge is 2.17. The van der Waals surface area contributed by atoms with E-state index in [1.807, 2.05) is 28.5 Å². The van der Waals surface area contributed by atoms with Crippen LogP contribution < -0.4 is 4.90 Å². The normalized spacial score (nSPS) is 10.2. The highest BCUT2D eigenvalue weighted by atomic mass is 32.1. The van der Waals surface area contributed by atoms with Crippen LogP contribution in [-0.2, 0) is 4.74 Å². The molecule has 0 unspecified atom stereocenters. The molecule has 0 aliphatic carbocycles. The zero-order valence-corrected chi connectivity index (χ0v) is 12.5.